The molecule has 1 saturated carbocycles. The Morgan fingerprint density at radius 1 is 1.14 bits per heavy atom. The molecule has 0 N–H and O–H groups in total. The van der Waals surface area contributed by atoms with Crippen molar-refractivity contribution >= 4 is 0 Å². The van der Waals surface area contributed by atoms with Gasteiger partial charge < -0.3 is 4.74 Å². The van der Waals surface area contributed by atoms with Crippen molar-refractivity contribution in [3.05, 3.63) is 41.9 Å². The van der Waals surface area contributed by atoms with Crippen LogP contribution in [0.25, 0.3) is 11.3 Å². The Balaban J connectivity index is 1.99. The molecule has 1 heterocycles. The van der Waals surface area contributed by atoms with Gasteiger partial charge in [-0.25, -0.2) is 0 Å². The van der Waals surface area contributed by atoms with Gasteiger partial charge in [0.05, 0.1) is 17.6 Å². The average molecular weight is 294 g/mol. The van der Waals surface area contributed by atoms with Gasteiger partial charge in [0.25, 0.3) is 0 Å². The molecule has 3 rings (SSSR count). The minimum absolute atomic E-state index is 0.187. The maximum Gasteiger partial charge on any atom is 0.573 e. The van der Waals surface area contributed by atoms with Crippen LogP contribution in [0.15, 0.2) is 30.6 Å². The second-order valence-corrected chi connectivity index (χ2v) is 5.11. The van der Waals surface area contributed by atoms with Gasteiger partial charge in [0, 0.05) is 11.8 Å². The minimum Gasteiger partial charge on any atom is -0.406 e. The Kier molecular flexibility index (Phi) is 3.31. The number of nitrogens with zero attached hydrogens (tertiary/aromatic N) is 2. The molecular weight excluding hydrogens is 281 g/mol. The van der Waals surface area contributed by atoms with Crippen LogP contribution in [0.3, 0.4) is 0 Å². The fraction of sp³-hybridized carbons (Fsp3) is 0.333. The number of aryl methyl sites for hydroxylation is 1. The summed E-state index contributed by atoms with van der Waals surface area (Å²) in [5, 5.41) is 0. The predicted molar refractivity (Wildman–Crippen MR) is 70.9 cm³/mol. The lowest BCUT2D eigenvalue weighted by molar-refractivity contribution is -0.274. The van der Waals surface area contributed by atoms with E-state index in [1.165, 1.54) is 12.1 Å². The van der Waals surface area contributed by atoms with E-state index in [-0.39, 0.29) is 11.7 Å². The molecule has 1 aliphatic rings. The van der Waals surface area contributed by atoms with E-state index in [1.807, 2.05) is 6.92 Å². The fourth-order valence-corrected chi connectivity index (χ4v) is 2.23. The van der Waals surface area contributed by atoms with Gasteiger partial charge in [-0.05, 0) is 49.4 Å². The van der Waals surface area contributed by atoms with Crippen LogP contribution in [0, 0.1) is 6.92 Å². The van der Waals surface area contributed by atoms with Gasteiger partial charge in [0.1, 0.15) is 5.75 Å². The van der Waals surface area contributed by atoms with Gasteiger partial charge in [-0.1, -0.05) is 0 Å². The Hall–Kier alpha value is -2.11. The number of hydrogen-bond acceptors (Lipinski definition) is 3. The van der Waals surface area contributed by atoms with E-state index in [9.17, 15) is 13.2 Å². The third-order valence-electron chi connectivity index (χ3n) is 3.33. The summed E-state index contributed by atoms with van der Waals surface area (Å²) in [6.45, 7) is 1.83. The molecule has 1 aliphatic carbocycles. The number of aromatic nitrogens is 2. The van der Waals surface area contributed by atoms with Crippen LogP contribution >= 0.6 is 0 Å². The summed E-state index contributed by atoms with van der Waals surface area (Å²) in [7, 11) is 0. The van der Waals surface area contributed by atoms with Crippen molar-refractivity contribution in [2.24, 2.45) is 0 Å². The average Bonchev–Trinajstić information content (AvgIpc) is 3.22. The van der Waals surface area contributed by atoms with E-state index in [1.54, 1.807) is 18.5 Å². The number of halogens is 3. The lowest BCUT2D eigenvalue weighted by Gasteiger charge is -2.13. The van der Waals surface area contributed by atoms with E-state index in [0.717, 1.165) is 29.7 Å². The molecule has 0 aliphatic heterocycles. The second-order valence-electron chi connectivity index (χ2n) is 5.11. The molecule has 0 radical (unpaired) electrons. The third-order valence-corrected chi connectivity index (χ3v) is 3.33. The number of hydrogen-bond donors (Lipinski definition) is 0. The van der Waals surface area contributed by atoms with Crippen LogP contribution in [0.4, 0.5) is 13.2 Å². The van der Waals surface area contributed by atoms with E-state index < -0.39 is 6.36 Å². The Labute approximate surface area is 119 Å². The van der Waals surface area contributed by atoms with E-state index >= 15 is 0 Å². The first kappa shape index (κ1) is 13.9. The topological polar surface area (TPSA) is 35.0 Å². The largest absolute Gasteiger partial charge is 0.573 e. The minimum atomic E-state index is -4.67. The SMILES string of the molecule is Cc1cnc(-c2ccc(OC(F)(F)F)cc2C2CC2)cn1. The first-order valence-electron chi connectivity index (χ1n) is 6.61. The monoisotopic (exact) mass is 294 g/mol. The van der Waals surface area contributed by atoms with Crippen molar-refractivity contribution in [1.82, 2.24) is 9.97 Å². The van der Waals surface area contributed by atoms with Gasteiger partial charge in [0.2, 0.25) is 0 Å². The highest BCUT2D eigenvalue weighted by Gasteiger charge is 2.33. The van der Waals surface area contributed by atoms with E-state index in [2.05, 4.69) is 14.7 Å². The summed E-state index contributed by atoms with van der Waals surface area (Å²) < 4.78 is 40.9. The number of ether oxygens (including phenoxy) is 1. The highest BCUT2D eigenvalue weighted by Crippen LogP contribution is 2.45. The van der Waals surface area contributed by atoms with Crippen molar-refractivity contribution in [3.8, 4) is 17.0 Å². The maximum atomic E-state index is 12.3. The zero-order chi connectivity index (χ0) is 15.0. The van der Waals surface area contributed by atoms with Gasteiger partial charge in [-0.15, -0.1) is 13.2 Å². The van der Waals surface area contributed by atoms with Crippen LogP contribution < -0.4 is 4.74 Å². The molecule has 3 nitrogen and oxygen atoms in total. The second kappa shape index (κ2) is 5.02. The molecule has 0 saturated heterocycles. The molecule has 0 unspecified atom stereocenters. The summed E-state index contributed by atoms with van der Waals surface area (Å²) in [6.07, 6.45) is 0.558. The summed E-state index contributed by atoms with van der Waals surface area (Å²) in [5.74, 6) is 0.0908. The fourth-order valence-electron chi connectivity index (χ4n) is 2.23. The van der Waals surface area contributed by atoms with Crippen LogP contribution in [0.5, 0.6) is 5.75 Å². The van der Waals surface area contributed by atoms with Crippen LogP contribution in [0.2, 0.25) is 0 Å². The van der Waals surface area contributed by atoms with Crippen LogP contribution in [0.1, 0.15) is 30.0 Å². The van der Waals surface area contributed by atoms with E-state index in [4.69, 9.17) is 0 Å². The molecular formula is C15H13F3N2O. The highest BCUT2D eigenvalue weighted by molar-refractivity contribution is 5.66. The summed E-state index contributed by atoms with van der Waals surface area (Å²) in [6, 6.07) is 4.40. The molecule has 0 bridgehead atoms. The Bertz CT molecular complexity index is 649. The summed E-state index contributed by atoms with van der Waals surface area (Å²) >= 11 is 0. The van der Waals surface area contributed by atoms with E-state index in [0.29, 0.717) is 5.69 Å². The zero-order valence-corrected chi connectivity index (χ0v) is 11.3. The number of rotatable bonds is 3. The van der Waals surface area contributed by atoms with Crippen molar-refractivity contribution in [3.63, 3.8) is 0 Å². The van der Waals surface area contributed by atoms with Crippen molar-refractivity contribution < 1.29 is 17.9 Å². The first-order valence-corrected chi connectivity index (χ1v) is 6.61. The predicted octanol–water partition coefficient (Wildman–Crippen LogP) is 4.23. The Morgan fingerprint density at radius 2 is 1.90 bits per heavy atom. The molecule has 110 valence electrons. The van der Waals surface area contributed by atoms with Crippen LogP contribution in [-0.4, -0.2) is 16.3 Å². The summed E-state index contributed by atoms with van der Waals surface area (Å²) in [4.78, 5) is 8.48. The van der Waals surface area contributed by atoms with Crippen molar-refractivity contribution in [2.45, 2.75) is 32.0 Å². The smallest absolute Gasteiger partial charge is 0.406 e. The van der Waals surface area contributed by atoms with Crippen molar-refractivity contribution in [2.75, 3.05) is 0 Å². The lowest BCUT2D eigenvalue weighted by Crippen LogP contribution is -2.17. The standard InChI is InChI=1S/C15H13F3N2O/c1-9-7-20-14(8-19-9)12-5-4-11(21-15(16,17)18)6-13(12)10-2-3-10/h4-8,10H,2-3H2,1H3. The molecule has 6 heteroatoms. The molecule has 1 aromatic heterocycles. The molecule has 1 aromatic carbocycles. The Morgan fingerprint density at radius 3 is 2.48 bits per heavy atom. The maximum absolute atomic E-state index is 12.3. The van der Waals surface area contributed by atoms with Gasteiger partial charge >= 0.3 is 6.36 Å². The number of benzene rings is 1. The summed E-state index contributed by atoms with van der Waals surface area (Å²) in [5.41, 5.74) is 3.12. The van der Waals surface area contributed by atoms with Crippen molar-refractivity contribution in [1.29, 1.82) is 0 Å². The van der Waals surface area contributed by atoms with Crippen LogP contribution in [-0.2, 0) is 0 Å². The molecule has 0 spiro atoms. The molecule has 21 heavy (non-hydrogen) atoms. The zero-order valence-electron chi connectivity index (χ0n) is 11.3. The van der Waals surface area contributed by atoms with Gasteiger partial charge in [0.15, 0.2) is 0 Å². The number of alkyl halides is 3. The molecule has 0 amide bonds. The highest BCUT2D eigenvalue weighted by atomic mass is 19.4. The quantitative estimate of drug-likeness (QED) is 0.849. The third kappa shape index (κ3) is 3.32. The molecule has 1 fully saturated rings. The normalized spacial score (nSPS) is 15.0. The lowest BCUT2D eigenvalue weighted by atomic mass is 10.0. The first-order chi connectivity index (χ1) is 9.92. The van der Waals surface area contributed by atoms with Gasteiger partial charge in [-0.3, -0.25) is 9.97 Å². The molecule has 2 aromatic rings. The van der Waals surface area contributed by atoms with Gasteiger partial charge in [-0.2, -0.15) is 0 Å². The molecule has 0 atom stereocenters.